The normalized spacial score (nSPS) is 10.7. The molecule has 2 heteroatoms. The SMILES string of the molecule is Oc1cc(-c2ccccc2Cl)cc2ccccc12. The van der Waals surface area contributed by atoms with Gasteiger partial charge in [0.25, 0.3) is 0 Å². The van der Waals surface area contributed by atoms with E-state index < -0.39 is 0 Å². The van der Waals surface area contributed by atoms with E-state index in [9.17, 15) is 5.11 Å². The molecule has 0 aliphatic rings. The molecule has 3 aromatic carbocycles. The molecule has 1 N–H and O–H groups in total. The Bertz CT molecular complexity index is 719. The molecule has 0 unspecified atom stereocenters. The molecule has 0 radical (unpaired) electrons. The van der Waals surface area contributed by atoms with Crippen molar-refractivity contribution in [2.24, 2.45) is 0 Å². The van der Waals surface area contributed by atoms with Crippen LogP contribution in [0.3, 0.4) is 0 Å². The average molecular weight is 255 g/mol. The lowest BCUT2D eigenvalue weighted by atomic mass is 10.0. The van der Waals surface area contributed by atoms with E-state index in [4.69, 9.17) is 11.6 Å². The standard InChI is InChI=1S/C16H11ClO/c17-15-8-4-3-6-13(15)12-9-11-5-1-2-7-14(11)16(18)10-12/h1-10,18H. The Kier molecular flexibility index (Phi) is 2.69. The Morgan fingerprint density at radius 3 is 2.39 bits per heavy atom. The Morgan fingerprint density at radius 1 is 0.833 bits per heavy atom. The molecular formula is C16H11ClO. The second-order valence-corrected chi connectivity index (χ2v) is 4.60. The summed E-state index contributed by atoms with van der Waals surface area (Å²) in [6.45, 7) is 0. The number of rotatable bonds is 1. The Balaban J connectivity index is 2.28. The lowest BCUT2D eigenvalue weighted by molar-refractivity contribution is 0.482. The Morgan fingerprint density at radius 2 is 1.56 bits per heavy atom. The van der Waals surface area contributed by atoms with Gasteiger partial charge in [-0.15, -0.1) is 0 Å². The molecule has 3 aromatic rings. The fourth-order valence-electron chi connectivity index (χ4n) is 2.14. The van der Waals surface area contributed by atoms with Gasteiger partial charge in [-0.05, 0) is 29.1 Å². The maximum absolute atomic E-state index is 10.1. The predicted molar refractivity (Wildman–Crippen MR) is 76.1 cm³/mol. The zero-order chi connectivity index (χ0) is 12.5. The molecule has 0 aromatic heterocycles. The van der Waals surface area contributed by atoms with Crippen molar-refractivity contribution in [2.75, 3.05) is 0 Å². The summed E-state index contributed by atoms with van der Waals surface area (Å²) in [4.78, 5) is 0. The second-order valence-electron chi connectivity index (χ2n) is 4.20. The topological polar surface area (TPSA) is 20.2 Å². The first-order valence-corrected chi connectivity index (χ1v) is 6.10. The maximum Gasteiger partial charge on any atom is 0.124 e. The molecule has 0 saturated heterocycles. The summed E-state index contributed by atoms with van der Waals surface area (Å²) in [6.07, 6.45) is 0. The van der Waals surface area contributed by atoms with Crippen LogP contribution < -0.4 is 0 Å². The monoisotopic (exact) mass is 254 g/mol. The van der Waals surface area contributed by atoms with Gasteiger partial charge in [-0.25, -0.2) is 0 Å². The van der Waals surface area contributed by atoms with Crippen LogP contribution in [0.25, 0.3) is 21.9 Å². The predicted octanol–water partition coefficient (Wildman–Crippen LogP) is 4.87. The van der Waals surface area contributed by atoms with Crippen molar-refractivity contribution in [1.82, 2.24) is 0 Å². The van der Waals surface area contributed by atoms with Crippen LogP contribution in [0.4, 0.5) is 0 Å². The minimum Gasteiger partial charge on any atom is -0.507 e. The molecule has 0 aliphatic carbocycles. The molecule has 0 spiro atoms. The summed E-state index contributed by atoms with van der Waals surface area (Å²) in [7, 11) is 0. The van der Waals surface area contributed by atoms with Crippen molar-refractivity contribution in [2.45, 2.75) is 0 Å². The fourth-order valence-corrected chi connectivity index (χ4v) is 2.39. The number of phenolic OH excluding ortho intramolecular Hbond substituents is 1. The third kappa shape index (κ3) is 1.83. The summed E-state index contributed by atoms with van der Waals surface area (Å²) in [6, 6.07) is 19.2. The molecule has 18 heavy (non-hydrogen) atoms. The highest BCUT2D eigenvalue weighted by atomic mass is 35.5. The van der Waals surface area contributed by atoms with Crippen molar-refractivity contribution in [1.29, 1.82) is 0 Å². The van der Waals surface area contributed by atoms with Gasteiger partial charge < -0.3 is 5.11 Å². The van der Waals surface area contributed by atoms with Crippen molar-refractivity contribution >= 4 is 22.4 Å². The molecule has 0 amide bonds. The highest BCUT2D eigenvalue weighted by Gasteiger charge is 2.06. The number of hydrogen-bond donors (Lipinski definition) is 1. The van der Waals surface area contributed by atoms with Crippen LogP contribution in [0.5, 0.6) is 5.75 Å². The maximum atomic E-state index is 10.1. The van der Waals surface area contributed by atoms with E-state index in [0.717, 1.165) is 21.9 Å². The fraction of sp³-hybridized carbons (Fsp3) is 0. The van der Waals surface area contributed by atoms with Crippen LogP contribution in [0, 0.1) is 0 Å². The van der Waals surface area contributed by atoms with E-state index in [-0.39, 0.29) is 5.75 Å². The van der Waals surface area contributed by atoms with Gasteiger partial charge in [0, 0.05) is 16.0 Å². The van der Waals surface area contributed by atoms with Gasteiger partial charge in [-0.1, -0.05) is 54.1 Å². The molecule has 0 saturated carbocycles. The van der Waals surface area contributed by atoms with Crippen molar-refractivity contribution in [3.05, 3.63) is 65.7 Å². The van der Waals surface area contributed by atoms with Gasteiger partial charge in [0.15, 0.2) is 0 Å². The third-order valence-electron chi connectivity index (χ3n) is 3.02. The minimum absolute atomic E-state index is 0.281. The Hall–Kier alpha value is -1.99. The highest BCUT2D eigenvalue weighted by molar-refractivity contribution is 6.33. The van der Waals surface area contributed by atoms with Gasteiger partial charge >= 0.3 is 0 Å². The van der Waals surface area contributed by atoms with Crippen molar-refractivity contribution in [3.63, 3.8) is 0 Å². The van der Waals surface area contributed by atoms with E-state index in [1.54, 1.807) is 6.07 Å². The number of halogens is 1. The molecule has 3 rings (SSSR count). The molecule has 88 valence electrons. The van der Waals surface area contributed by atoms with Gasteiger partial charge in [0.05, 0.1) is 0 Å². The van der Waals surface area contributed by atoms with E-state index in [0.29, 0.717) is 5.02 Å². The van der Waals surface area contributed by atoms with Gasteiger partial charge in [-0.3, -0.25) is 0 Å². The number of hydrogen-bond acceptors (Lipinski definition) is 1. The number of phenols is 1. The van der Waals surface area contributed by atoms with Crippen LogP contribution in [-0.2, 0) is 0 Å². The second kappa shape index (κ2) is 4.35. The smallest absolute Gasteiger partial charge is 0.124 e. The minimum atomic E-state index is 0.281. The molecule has 0 fully saturated rings. The number of fused-ring (bicyclic) bond motifs is 1. The summed E-state index contributed by atoms with van der Waals surface area (Å²) in [5.74, 6) is 0.281. The molecule has 1 nitrogen and oxygen atoms in total. The first-order chi connectivity index (χ1) is 8.75. The zero-order valence-electron chi connectivity index (χ0n) is 9.60. The molecule has 0 atom stereocenters. The summed E-state index contributed by atoms with van der Waals surface area (Å²) >= 11 is 6.18. The van der Waals surface area contributed by atoms with Crippen LogP contribution in [0.15, 0.2) is 60.7 Å². The molecule has 0 aliphatic heterocycles. The average Bonchev–Trinajstić information content (AvgIpc) is 2.39. The molecule has 0 bridgehead atoms. The van der Waals surface area contributed by atoms with E-state index in [1.165, 1.54) is 0 Å². The summed E-state index contributed by atoms with van der Waals surface area (Å²) in [5, 5.41) is 12.6. The Labute approximate surface area is 110 Å². The van der Waals surface area contributed by atoms with E-state index in [2.05, 4.69) is 0 Å². The first-order valence-electron chi connectivity index (χ1n) is 5.72. The van der Waals surface area contributed by atoms with Crippen LogP contribution >= 0.6 is 11.6 Å². The van der Waals surface area contributed by atoms with Gasteiger partial charge in [0.1, 0.15) is 5.75 Å². The van der Waals surface area contributed by atoms with Crippen LogP contribution in [0.2, 0.25) is 5.02 Å². The zero-order valence-corrected chi connectivity index (χ0v) is 10.4. The first kappa shape index (κ1) is 11.1. The van der Waals surface area contributed by atoms with Crippen LogP contribution in [0.1, 0.15) is 0 Å². The van der Waals surface area contributed by atoms with Crippen LogP contribution in [-0.4, -0.2) is 5.11 Å². The van der Waals surface area contributed by atoms with Crippen molar-refractivity contribution in [3.8, 4) is 16.9 Å². The largest absolute Gasteiger partial charge is 0.507 e. The van der Waals surface area contributed by atoms with E-state index >= 15 is 0 Å². The van der Waals surface area contributed by atoms with Gasteiger partial charge in [-0.2, -0.15) is 0 Å². The number of benzene rings is 3. The lowest BCUT2D eigenvalue weighted by Gasteiger charge is -2.08. The quantitative estimate of drug-likeness (QED) is 0.657. The highest BCUT2D eigenvalue weighted by Crippen LogP contribution is 2.34. The summed E-state index contributed by atoms with van der Waals surface area (Å²) in [5.41, 5.74) is 1.86. The summed E-state index contributed by atoms with van der Waals surface area (Å²) < 4.78 is 0. The molecule has 0 heterocycles. The molecular weight excluding hydrogens is 244 g/mol. The van der Waals surface area contributed by atoms with Gasteiger partial charge in [0.2, 0.25) is 0 Å². The van der Waals surface area contributed by atoms with E-state index in [1.807, 2.05) is 54.6 Å². The number of aromatic hydroxyl groups is 1. The third-order valence-corrected chi connectivity index (χ3v) is 3.35. The van der Waals surface area contributed by atoms with Crippen molar-refractivity contribution < 1.29 is 5.11 Å². The lowest BCUT2D eigenvalue weighted by Crippen LogP contribution is -1.81.